The Morgan fingerprint density at radius 3 is 2.64 bits per heavy atom. The quantitative estimate of drug-likeness (QED) is 0.179. The largest absolute Gasteiger partial charge is 0.314 e. The summed E-state index contributed by atoms with van der Waals surface area (Å²) in [5.74, 6) is -0.160. The van der Waals surface area contributed by atoms with E-state index in [0.717, 1.165) is 21.8 Å². The number of nitrogens with one attached hydrogen (secondary N) is 1. The number of benzene rings is 3. The van der Waals surface area contributed by atoms with Gasteiger partial charge in [-0.2, -0.15) is 5.10 Å². The van der Waals surface area contributed by atoms with Crippen LogP contribution in [-0.4, -0.2) is 31.8 Å². The number of nitro benzene ring substituents is 1. The van der Waals surface area contributed by atoms with Crippen molar-refractivity contribution in [2.75, 3.05) is 5.75 Å². The zero-order valence-corrected chi connectivity index (χ0v) is 18.7. The van der Waals surface area contributed by atoms with Gasteiger partial charge in [0.2, 0.25) is 0 Å². The van der Waals surface area contributed by atoms with E-state index in [2.05, 4.69) is 27.2 Å². The molecule has 0 aliphatic rings. The molecule has 1 aromatic heterocycles. The number of non-ortho nitro benzene ring substituents is 1. The molecule has 0 unspecified atom stereocenters. The van der Waals surface area contributed by atoms with Crippen molar-refractivity contribution in [1.82, 2.24) is 15.0 Å². The number of carbonyl (C=O) groups excluding carboxylic acids is 1. The van der Waals surface area contributed by atoms with E-state index in [1.807, 2.05) is 42.5 Å². The summed E-state index contributed by atoms with van der Waals surface area (Å²) in [6, 6.07) is 24.1. The lowest BCUT2D eigenvalue weighted by Gasteiger charge is -2.09. The lowest BCUT2D eigenvalue weighted by molar-refractivity contribution is -0.384. The number of nitrogens with zero attached hydrogens (tertiary/aromatic N) is 4. The number of hydrogen-bond donors (Lipinski definition) is 1. The maximum absolute atomic E-state index is 12.4. The lowest BCUT2D eigenvalue weighted by Crippen LogP contribution is -2.21. The monoisotopic (exact) mass is 459 g/mol. The number of imidazole rings is 1. The number of hydrogen-bond acceptors (Lipinski definition) is 6. The number of para-hydroxylation sites is 2. The topological polar surface area (TPSA) is 102 Å². The average Bonchev–Trinajstić information content (AvgIpc) is 3.19. The van der Waals surface area contributed by atoms with Crippen LogP contribution in [0.2, 0.25) is 0 Å². The Labute approximate surface area is 194 Å². The Kier molecular flexibility index (Phi) is 6.80. The van der Waals surface area contributed by atoms with E-state index in [0.29, 0.717) is 17.8 Å². The summed E-state index contributed by atoms with van der Waals surface area (Å²) in [6.45, 7) is 2.33. The van der Waals surface area contributed by atoms with Crippen LogP contribution >= 0.6 is 11.8 Å². The van der Waals surface area contributed by atoms with Gasteiger partial charge < -0.3 is 4.57 Å². The fourth-order valence-corrected chi connectivity index (χ4v) is 4.11. The molecule has 33 heavy (non-hydrogen) atoms. The molecule has 4 aromatic rings. The lowest BCUT2D eigenvalue weighted by atomic mass is 10.1. The van der Waals surface area contributed by atoms with Crippen molar-refractivity contribution >= 4 is 40.1 Å². The second-order valence-electron chi connectivity index (χ2n) is 7.28. The third-order valence-electron chi connectivity index (χ3n) is 4.96. The maximum atomic E-state index is 12.4. The van der Waals surface area contributed by atoms with Crippen LogP contribution < -0.4 is 5.43 Å². The normalized spacial score (nSPS) is 11.5. The second kappa shape index (κ2) is 10.1. The second-order valence-corrected chi connectivity index (χ2v) is 8.23. The first-order chi connectivity index (χ1) is 16.0. The van der Waals surface area contributed by atoms with Crippen LogP contribution in [-0.2, 0) is 11.3 Å². The smallest absolute Gasteiger partial charge is 0.270 e. The summed E-state index contributed by atoms with van der Waals surface area (Å²) in [5, 5.41) is 15.8. The highest BCUT2D eigenvalue weighted by Gasteiger charge is 2.14. The molecule has 4 rings (SSSR count). The van der Waals surface area contributed by atoms with Gasteiger partial charge >= 0.3 is 0 Å². The molecular weight excluding hydrogens is 438 g/mol. The highest BCUT2D eigenvalue weighted by Crippen LogP contribution is 2.25. The average molecular weight is 460 g/mol. The highest BCUT2D eigenvalue weighted by atomic mass is 32.2. The molecule has 0 saturated carbocycles. The molecule has 0 saturated heterocycles. The van der Waals surface area contributed by atoms with Gasteiger partial charge in [0.15, 0.2) is 5.16 Å². The van der Waals surface area contributed by atoms with Crippen molar-refractivity contribution in [2.45, 2.75) is 18.6 Å². The van der Waals surface area contributed by atoms with Crippen LogP contribution in [0.5, 0.6) is 0 Å². The molecule has 0 fully saturated rings. The van der Waals surface area contributed by atoms with E-state index in [1.54, 1.807) is 19.1 Å². The van der Waals surface area contributed by atoms with Crippen molar-refractivity contribution in [2.24, 2.45) is 5.10 Å². The Balaban J connectivity index is 1.45. The van der Waals surface area contributed by atoms with Crippen molar-refractivity contribution in [3.8, 4) is 0 Å². The molecule has 1 heterocycles. The SMILES string of the molecule is C/C(=N/NC(=O)CSc1nc2ccccc2n1Cc1ccccc1)c1cccc([N+](=O)[O-])c1. The van der Waals surface area contributed by atoms with E-state index in [4.69, 9.17) is 4.98 Å². The summed E-state index contributed by atoms with van der Waals surface area (Å²) in [4.78, 5) is 27.6. The zero-order chi connectivity index (χ0) is 23.2. The maximum Gasteiger partial charge on any atom is 0.270 e. The standard InChI is InChI=1S/C24H21N5O3S/c1-17(19-10-7-11-20(14-19)29(31)32)26-27-23(30)16-33-24-25-21-12-5-6-13-22(21)28(24)15-18-8-3-2-4-9-18/h2-14H,15-16H2,1H3,(H,27,30)/b26-17-. The summed E-state index contributed by atoms with van der Waals surface area (Å²) in [5.41, 5.74) is 6.57. The minimum absolute atomic E-state index is 0.0266. The van der Waals surface area contributed by atoms with E-state index in [9.17, 15) is 14.9 Å². The number of nitro groups is 1. The van der Waals surface area contributed by atoms with Crippen molar-refractivity contribution in [3.63, 3.8) is 0 Å². The molecule has 0 atom stereocenters. The van der Waals surface area contributed by atoms with E-state index in [-0.39, 0.29) is 17.3 Å². The van der Waals surface area contributed by atoms with Crippen LogP contribution in [0.15, 0.2) is 89.1 Å². The Morgan fingerprint density at radius 1 is 1.09 bits per heavy atom. The van der Waals surface area contributed by atoms with E-state index in [1.165, 1.54) is 23.9 Å². The molecule has 1 amide bonds. The number of hydrazone groups is 1. The molecule has 0 bridgehead atoms. The first-order valence-corrected chi connectivity index (χ1v) is 11.2. The fourth-order valence-electron chi connectivity index (χ4n) is 3.30. The molecule has 3 aromatic carbocycles. The predicted molar refractivity (Wildman–Crippen MR) is 129 cm³/mol. The van der Waals surface area contributed by atoms with Gasteiger partial charge in [-0.15, -0.1) is 0 Å². The van der Waals surface area contributed by atoms with Gasteiger partial charge in [0.25, 0.3) is 11.6 Å². The van der Waals surface area contributed by atoms with Crippen LogP contribution in [0.1, 0.15) is 18.1 Å². The molecule has 0 spiro atoms. The highest BCUT2D eigenvalue weighted by molar-refractivity contribution is 7.99. The number of carbonyl (C=O) groups is 1. The van der Waals surface area contributed by atoms with Gasteiger partial charge in [0.1, 0.15) is 0 Å². The summed E-state index contributed by atoms with van der Waals surface area (Å²) in [6.07, 6.45) is 0. The van der Waals surface area contributed by atoms with Crippen LogP contribution in [0.4, 0.5) is 5.69 Å². The number of aromatic nitrogens is 2. The minimum Gasteiger partial charge on any atom is -0.314 e. The van der Waals surface area contributed by atoms with Gasteiger partial charge in [-0.1, -0.05) is 66.4 Å². The molecule has 1 N–H and O–H groups in total. The van der Waals surface area contributed by atoms with Crippen LogP contribution in [0.3, 0.4) is 0 Å². The number of rotatable bonds is 8. The fraction of sp³-hybridized carbons (Fsp3) is 0.125. The molecule has 0 aliphatic carbocycles. The number of amides is 1. The molecule has 166 valence electrons. The zero-order valence-electron chi connectivity index (χ0n) is 17.8. The Morgan fingerprint density at radius 2 is 1.85 bits per heavy atom. The Bertz CT molecular complexity index is 1330. The molecular formula is C24H21N5O3S. The van der Waals surface area contributed by atoms with Crippen molar-refractivity contribution in [1.29, 1.82) is 0 Å². The van der Waals surface area contributed by atoms with Gasteiger partial charge in [-0.05, 0) is 24.6 Å². The van der Waals surface area contributed by atoms with E-state index < -0.39 is 4.92 Å². The first kappa shape index (κ1) is 22.2. The summed E-state index contributed by atoms with van der Waals surface area (Å²) in [7, 11) is 0. The van der Waals surface area contributed by atoms with Crippen LogP contribution in [0.25, 0.3) is 11.0 Å². The summed E-state index contributed by atoms with van der Waals surface area (Å²) < 4.78 is 2.10. The van der Waals surface area contributed by atoms with Crippen molar-refractivity contribution < 1.29 is 9.72 Å². The molecule has 9 heteroatoms. The van der Waals surface area contributed by atoms with Gasteiger partial charge in [0.05, 0.1) is 34.0 Å². The molecule has 0 radical (unpaired) electrons. The third-order valence-corrected chi connectivity index (χ3v) is 5.93. The summed E-state index contributed by atoms with van der Waals surface area (Å²) >= 11 is 1.34. The van der Waals surface area contributed by atoms with Gasteiger partial charge in [-0.3, -0.25) is 14.9 Å². The Hall–Kier alpha value is -3.98. The number of fused-ring (bicyclic) bond motifs is 1. The van der Waals surface area contributed by atoms with Gasteiger partial charge in [-0.25, -0.2) is 10.4 Å². The molecule has 8 nitrogen and oxygen atoms in total. The van der Waals surface area contributed by atoms with Gasteiger partial charge in [0, 0.05) is 17.7 Å². The molecule has 0 aliphatic heterocycles. The predicted octanol–water partition coefficient (Wildman–Crippen LogP) is 4.63. The van der Waals surface area contributed by atoms with E-state index >= 15 is 0 Å². The van der Waals surface area contributed by atoms with Crippen LogP contribution in [0, 0.1) is 10.1 Å². The number of thioether (sulfide) groups is 1. The minimum atomic E-state index is -0.465. The van der Waals surface area contributed by atoms with Crippen molar-refractivity contribution in [3.05, 3.63) is 100 Å². The first-order valence-electron chi connectivity index (χ1n) is 10.2. The third kappa shape index (κ3) is 5.45.